The van der Waals surface area contributed by atoms with Crippen molar-refractivity contribution in [3.63, 3.8) is 0 Å². The first-order valence-corrected chi connectivity index (χ1v) is 11.7. The molecule has 0 saturated carbocycles. The van der Waals surface area contributed by atoms with E-state index in [0.717, 1.165) is 0 Å². The minimum atomic E-state index is 0. The summed E-state index contributed by atoms with van der Waals surface area (Å²) < 4.78 is 0. The van der Waals surface area contributed by atoms with E-state index in [2.05, 4.69) is 146 Å². The SMILES string of the molecule is [Br-].[Cl-].[Zr+4].c1ccc([SiH]c2ccccc2)cc1.c1ccc2[cH-]ccc2c1.c1ccc2[cH-]ccc2c1. The summed E-state index contributed by atoms with van der Waals surface area (Å²) in [5.41, 5.74) is 0. The van der Waals surface area contributed by atoms with Crippen LogP contribution in [-0.4, -0.2) is 9.52 Å². The summed E-state index contributed by atoms with van der Waals surface area (Å²) in [6, 6.07) is 50.7. The first kappa shape index (κ1) is 30.0. The Hall–Kier alpha value is -2.03. The number of rotatable bonds is 2. The Morgan fingerprint density at radius 3 is 1.18 bits per heavy atom. The van der Waals surface area contributed by atoms with Crippen LogP contribution in [0.5, 0.6) is 0 Å². The van der Waals surface area contributed by atoms with Gasteiger partial charge in [0, 0.05) is 0 Å². The second kappa shape index (κ2) is 16.6. The van der Waals surface area contributed by atoms with Crippen LogP contribution in [0.2, 0.25) is 0 Å². The molecule has 0 N–H and O–H groups in total. The molecule has 1 radical (unpaired) electrons. The van der Waals surface area contributed by atoms with Crippen molar-refractivity contribution >= 4 is 41.4 Å². The summed E-state index contributed by atoms with van der Waals surface area (Å²) in [4.78, 5) is 0. The summed E-state index contributed by atoms with van der Waals surface area (Å²) in [5.74, 6) is 0. The van der Waals surface area contributed by atoms with Crippen molar-refractivity contribution in [2.24, 2.45) is 0 Å². The zero-order valence-corrected chi connectivity index (χ0v) is 24.6. The van der Waals surface area contributed by atoms with Crippen molar-refractivity contribution in [3.8, 4) is 0 Å². The third kappa shape index (κ3) is 9.31. The maximum absolute atomic E-state index is 2.20. The van der Waals surface area contributed by atoms with Gasteiger partial charge < -0.3 is 29.4 Å². The predicted molar refractivity (Wildman–Crippen MR) is 138 cm³/mol. The molecule has 0 atom stereocenters. The zero-order valence-electron chi connectivity index (χ0n) is 18.7. The van der Waals surface area contributed by atoms with E-state index in [1.54, 1.807) is 0 Å². The molecule has 0 amide bonds. The number of fused-ring (bicyclic) bond motifs is 2. The number of benzene rings is 4. The largest absolute Gasteiger partial charge is 4.00 e. The first-order valence-electron chi connectivity index (χ1n) is 10.5. The van der Waals surface area contributed by atoms with Crippen LogP contribution in [-0.2, 0) is 26.2 Å². The van der Waals surface area contributed by atoms with E-state index in [0.29, 0.717) is 0 Å². The fourth-order valence-electron chi connectivity index (χ4n) is 3.43. The van der Waals surface area contributed by atoms with E-state index in [-0.39, 0.29) is 65.1 Å². The molecule has 167 valence electrons. The minimum absolute atomic E-state index is 0. The summed E-state index contributed by atoms with van der Waals surface area (Å²) >= 11 is 0. The molecule has 6 aromatic carbocycles. The normalized spacial score (nSPS) is 9.18. The third-order valence-corrected chi connectivity index (χ3v) is 6.46. The van der Waals surface area contributed by atoms with Crippen LogP contribution in [0.1, 0.15) is 0 Å². The molecule has 0 aliphatic heterocycles. The van der Waals surface area contributed by atoms with Gasteiger partial charge in [0.2, 0.25) is 0 Å². The van der Waals surface area contributed by atoms with Crippen molar-refractivity contribution in [1.29, 1.82) is 0 Å². The van der Waals surface area contributed by atoms with Gasteiger partial charge in [0.1, 0.15) is 9.52 Å². The maximum atomic E-state index is 2.20. The van der Waals surface area contributed by atoms with Crippen LogP contribution >= 0.6 is 0 Å². The van der Waals surface area contributed by atoms with E-state index < -0.39 is 0 Å². The second-order valence-electron chi connectivity index (χ2n) is 7.28. The van der Waals surface area contributed by atoms with Crippen LogP contribution in [0, 0.1) is 0 Å². The Balaban J connectivity index is 0.000000249. The molecule has 0 spiro atoms. The van der Waals surface area contributed by atoms with Gasteiger partial charge in [-0.1, -0.05) is 83.2 Å². The summed E-state index contributed by atoms with van der Waals surface area (Å²) in [6.07, 6.45) is 0. The van der Waals surface area contributed by atoms with Crippen LogP contribution in [0.15, 0.2) is 146 Å². The van der Waals surface area contributed by atoms with Gasteiger partial charge in [-0.05, 0) is 0 Å². The monoisotopic (exact) mass is 617 g/mol. The summed E-state index contributed by atoms with van der Waals surface area (Å²) in [5, 5.41) is 8.23. The van der Waals surface area contributed by atoms with Crippen LogP contribution in [0.25, 0.3) is 21.5 Å². The van der Waals surface area contributed by atoms with Gasteiger partial charge >= 0.3 is 26.2 Å². The van der Waals surface area contributed by atoms with Crippen LogP contribution in [0.4, 0.5) is 0 Å². The molecule has 6 rings (SSSR count). The molecule has 0 aliphatic rings. The Kier molecular flexibility index (Phi) is 14.6. The smallest absolute Gasteiger partial charge is 1.00 e. The Labute approximate surface area is 240 Å². The Morgan fingerprint density at radius 2 is 0.794 bits per heavy atom. The van der Waals surface area contributed by atoms with Gasteiger partial charge in [0.25, 0.3) is 0 Å². The molecule has 0 unspecified atom stereocenters. The molecule has 0 heterocycles. The number of hydrogen-bond donors (Lipinski definition) is 0. The Morgan fingerprint density at radius 1 is 0.441 bits per heavy atom. The van der Waals surface area contributed by atoms with Crippen molar-refractivity contribution in [2.45, 2.75) is 0 Å². The Bertz CT molecular complexity index is 1150. The topological polar surface area (TPSA) is 0 Å². The van der Waals surface area contributed by atoms with Crippen molar-refractivity contribution in [3.05, 3.63) is 146 Å². The molecular formula is C30H25BrClSiZr. The summed E-state index contributed by atoms with van der Waals surface area (Å²) in [7, 11) is 0.271. The molecule has 0 nitrogen and oxygen atoms in total. The number of hydrogen-bond acceptors (Lipinski definition) is 0. The maximum Gasteiger partial charge on any atom is 4.00 e. The van der Waals surface area contributed by atoms with Gasteiger partial charge in [-0.15, -0.1) is 59.3 Å². The third-order valence-electron chi connectivity index (χ3n) is 5.03. The van der Waals surface area contributed by atoms with Gasteiger partial charge in [0.05, 0.1) is 0 Å². The van der Waals surface area contributed by atoms with Gasteiger partial charge in [-0.3, -0.25) is 0 Å². The van der Waals surface area contributed by atoms with Crippen molar-refractivity contribution < 1.29 is 55.6 Å². The molecule has 0 aromatic heterocycles. The van der Waals surface area contributed by atoms with E-state index in [4.69, 9.17) is 0 Å². The summed E-state index contributed by atoms with van der Waals surface area (Å²) in [6.45, 7) is 0. The van der Waals surface area contributed by atoms with Crippen molar-refractivity contribution in [1.82, 2.24) is 0 Å². The molecule has 4 heteroatoms. The molecule has 34 heavy (non-hydrogen) atoms. The second-order valence-corrected chi connectivity index (χ2v) is 8.90. The quantitative estimate of drug-likeness (QED) is 0.192. The molecule has 0 aliphatic carbocycles. The fraction of sp³-hybridized carbons (Fsp3) is 0. The zero-order chi connectivity index (χ0) is 21.1. The predicted octanol–water partition coefficient (Wildman–Crippen LogP) is 0.197. The molecule has 6 aromatic rings. The van der Waals surface area contributed by atoms with E-state index in [1.165, 1.54) is 31.9 Å². The van der Waals surface area contributed by atoms with Gasteiger partial charge in [-0.25, -0.2) is 0 Å². The van der Waals surface area contributed by atoms with Crippen molar-refractivity contribution in [2.75, 3.05) is 0 Å². The van der Waals surface area contributed by atoms with E-state index >= 15 is 0 Å². The average molecular weight is 620 g/mol. The fourth-order valence-corrected chi connectivity index (χ4v) is 4.65. The average Bonchev–Trinajstić information content (AvgIpc) is 3.51. The minimum Gasteiger partial charge on any atom is -1.00 e. The molecule has 0 fully saturated rings. The van der Waals surface area contributed by atoms with E-state index in [1.807, 2.05) is 0 Å². The van der Waals surface area contributed by atoms with Gasteiger partial charge in [0.15, 0.2) is 0 Å². The molecular weight excluding hydrogens is 595 g/mol. The van der Waals surface area contributed by atoms with Crippen LogP contribution < -0.4 is 39.8 Å². The number of halogens is 2. The van der Waals surface area contributed by atoms with Gasteiger partial charge in [-0.2, -0.15) is 35.0 Å². The molecule has 0 saturated heterocycles. The standard InChI is InChI=1S/C12H11Si.2C9H7.BrH.ClH.Zr/c1-3-7-11(8-4-1)13-12-9-5-2-6-10-12;2*1-2-5-9-7-3-6-8(9)4-1;;;/h1-10,13H;2*1-7H;2*1H;/q;2*-1;;;+4/p-2. The van der Waals surface area contributed by atoms with E-state index in [9.17, 15) is 0 Å². The molecule has 0 bridgehead atoms. The first-order chi connectivity index (χ1) is 15.4. The van der Waals surface area contributed by atoms with Crippen LogP contribution in [0.3, 0.4) is 0 Å².